The van der Waals surface area contributed by atoms with Crippen LogP contribution in [0.4, 0.5) is 4.79 Å². The summed E-state index contributed by atoms with van der Waals surface area (Å²) in [4.78, 5) is 27.3. The van der Waals surface area contributed by atoms with E-state index in [2.05, 4.69) is 5.32 Å². The molecule has 0 heterocycles. The summed E-state index contributed by atoms with van der Waals surface area (Å²) in [6.07, 6.45) is 1.22. The third-order valence-electron chi connectivity index (χ3n) is 6.50. The van der Waals surface area contributed by atoms with Crippen LogP contribution in [0.5, 0.6) is 11.5 Å². The van der Waals surface area contributed by atoms with Crippen LogP contribution in [0.25, 0.3) is 0 Å². The van der Waals surface area contributed by atoms with Crippen LogP contribution in [0.2, 0.25) is 5.02 Å². The van der Waals surface area contributed by atoms with Crippen LogP contribution in [-0.2, 0) is 27.3 Å². The van der Waals surface area contributed by atoms with Crippen molar-refractivity contribution in [3.63, 3.8) is 0 Å². The number of alkyl carbamates (subject to hydrolysis) is 1. The first-order chi connectivity index (χ1) is 20.3. The number of hydrogen-bond donors (Lipinski definition) is 1. The van der Waals surface area contributed by atoms with Gasteiger partial charge in [-0.25, -0.2) is 9.59 Å². The molecule has 0 aliphatic rings. The van der Waals surface area contributed by atoms with Crippen LogP contribution in [0.3, 0.4) is 0 Å². The minimum atomic E-state index is -1.21. The Kier molecular flexibility index (Phi) is 13.4. The van der Waals surface area contributed by atoms with E-state index >= 15 is 0 Å². The summed E-state index contributed by atoms with van der Waals surface area (Å²) in [5, 5.41) is 3.36. The standard InChI is InChI=1S/C33H40ClNO6S/c1-5-19-33(31(36)39-7-3,35-32(37)40-8-4)20-18-25-14-16-27(22-28(25)34)42-30-21-26(38-6-2)15-17-29(30)41-23-24-12-10-9-11-13-24/h9-17,21-22H,5-8,18-20,23H2,1-4H3,(H,35,37)/t33-/m1/s1. The lowest BCUT2D eigenvalue weighted by Gasteiger charge is -2.32. The number of nitrogens with one attached hydrogen (secondary N) is 1. The lowest BCUT2D eigenvalue weighted by atomic mass is 9.87. The molecule has 0 bridgehead atoms. The molecule has 0 saturated heterocycles. The summed E-state index contributed by atoms with van der Waals surface area (Å²) in [7, 11) is 0. The number of carbonyl (C=O) groups excluding carboxylic acids is 2. The molecule has 0 aliphatic carbocycles. The number of esters is 1. The number of amides is 1. The molecule has 3 aromatic rings. The average Bonchev–Trinajstić information content (AvgIpc) is 2.97. The van der Waals surface area contributed by atoms with Crippen molar-refractivity contribution in [1.82, 2.24) is 5.32 Å². The van der Waals surface area contributed by atoms with Crippen LogP contribution in [0, 0.1) is 0 Å². The number of halogens is 1. The molecule has 0 fully saturated rings. The SMILES string of the molecule is CCC[C@](CCc1ccc(Sc2cc(OCC)ccc2OCc2ccccc2)cc1Cl)(NC(=O)OCC)C(=O)OCC. The summed E-state index contributed by atoms with van der Waals surface area (Å²) in [6.45, 7) is 8.79. The molecule has 1 atom stereocenters. The van der Waals surface area contributed by atoms with Gasteiger partial charge in [0.05, 0.1) is 24.7 Å². The van der Waals surface area contributed by atoms with Crippen molar-refractivity contribution in [3.05, 3.63) is 82.9 Å². The maximum atomic E-state index is 13.1. The third-order valence-corrected chi connectivity index (χ3v) is 7.88. The van der Waals surface area contributed by atoms with Gasteiger partial charge >= 0.3 is 12.1 Å². The summed E-state index contributed by atoms with van der Waals surface area (Å²) in [5.41, 5.74) is 0.729. The van der Waals surface area contributed by atoms with Crippen molar-refractivity contribution in [2.24, 2.45) is 0 Å². The lowest BCUT2D eigenvalue weighted by Crippen LogP contribution is -2.55. The number of hydrogen-bond acceptors (Lipinski definition) is 7. The Labute approximate surface area is 258 Å². The zero-order valence-corrected chi connectivity index (χ0v) is 26.3. The van der Waals surface area contributed by atoms with Crippen molar-refractivity contribution >= 4 is 35.4 Å². The van der Waals surface area contributed by atoms with Crippen molar-refractivity contribution in [2.45, 2.75) is 75.3 Å². The van der Waals surface area contributed by atoms with Gasteiger partial charge < -0.3 is 24.3 Å². The second-order valence-electron chi connectivity index (χ2n) is 9.57. The van der Waals surface area contributed by atoms with Crippen LogP contribution < -0.4 is 14.8 Å². The number of aryl methyl sites for hydroxylation is 1. The van der Waals surface area contributed by atoms with Gasteiger partial charge in [-0.3, -0.25) is 0 Å². The fourth-order valence-electron chi connectivity index (χ4n) is 4.51. The topological polar surface area (TPSA) is 83.1 Å². The van der Waals surface area contributed by atoms with Crippen molar-refractivity contribution < 1.29 is 28.5 Å². The number of carbonyl (C=O) groups is 2. The van der Waals surface area contributed by atoms with Crippen molar-refractivity contribution in [2.75, 3.05) is 19.8 Å². The maximum Gasteiger partial charge on any atom is 0.408 e. The van der Waals surface area contributed by atoms with E-state index in [0.29, 0.717) is 43.9 Å². The molecule has 3 aromatic carbocycles. The molecule has 42 heavy (non-hydrogen) atoms. The first-order valence-electron chi connectivity index (χ1n) is 14.4. The van der Waals surface area contributed by atoms with Crippen LogP contribution in [-0.4, -0.2) is 37.4 Å². The predicted molar refractivity (Wildman–Crippen MR) is 167 cm³/mol. The van der Waals surface area contributed by atoms with Crippen LogP contribution in [0.15, 0.2) is 76.5 Å². The predicted octanol–water partition coefficient (Wildman–Crippen LogP) is 8.25. The normalized spacial score (nSPS) is 12.2. The summed E-state index contributed by atoms with van der Waals surface area (Å²) >= 11 is 8.29. The van der Waals surface area contributed by atoms with Gasteiger partial charge in [-0.15, -0.1) is 0 Å². The van der Waals surface area contributed by atoms with E-state index in [1.807, 2.05) is 80.6 Å². The Bertz CT molecular complexity index is 1300. The van der Waals surface area contributed by atoms with Crippen molar-refractivity contribution in [1.29, 1.82) is 0 Å². The van der Waals surface area contributed by atoms with Gasteiger partial charge in [0.25, 0.3) is 0 Å². The number of ether oxygens (including phenoxy) is 4. The highest BCUT2D eigenvalue weighted by Crippen LogP contribution is 2.39. The van der Waals surface area contributed by atoms with Gasteiger partial charge in [0.2, 0.25) is 0 Å². The monoisotopic (exact) mass is 613 g/mol. The zero-order chi connectivity index (χ0) is 30.4. The molecule has 0 saturated carbocycles. The van der Waals surface area contributed by atoms with E-state index in [0.717, 1.165) is 32.4 Å². The van der Waals surface area contributed by atoms with Crippen molar-refractivity contribution in [3.8, 4) is 11.5 Å². The molecule has 0 spiro atoms. The van der Waals surface area contributed by atoms with E-state index in [1.165, 1.54) is 11.8 Å². The first-order valence-corrected chi connectivity index (χ1v) is 15.6. The van der Waals surface area contributed by atoms with Gasteiger partial charge in [0.15, 0.2) is 0 Å². The van der Waals surface area contributed by atoms with Gasteiger partial charge in [0, 0.05) is 9.92 Å². The fraction of sp³-hybridized carbons (Fsp3) is 0.394. The molecule has 7 nitrogen and oxygen atoms in total. The molecule has 0 radical (unpaired) electrons. The van der Waals surface area contributed by atoms with E-state index in [1.54, 1.807) is 13.8 Å². The number of rotatable bonds is 16. The molecular formula is C33H40ClNO6S. The summed E-state index contributed by atoms with van der Waals surface area (Å²) < 4.78 is 22.4. The Morgan fingerprint density at radius 2 is 1.62 bits per heavy atom. The zero-order valence-electron chi connectivity index (χ0n) is 24.7. The summed E-state index contributed by atoms with van der Waals surface area (Å²) in [6, 6.07) is 21.6. The Morgan fingerprint density at radius 1 is 0.857 bits per heavy atom. The average molecular weight is 614 g/mol. The lowest BCUT2D eigenvalue weighted by molar-refractivity contribution is -0.151. The highest BCUT2D eigenvalue weighted by Gasteiger charge is 2.41. The highest BCUT2D eigenvalue weighted by molar-refractivity contribution is 7.99. The second-order valence-corrected chi connectivity index (χ2v) is 11.1. The molecule has 1 amide bonds. The molecule has 3 rings (SSSR count). The number of benzene rings is 3. The smallest absolute Gasteiger partial charge is 0.408 e. The van der Waals surface area contributed by atoms with Crippen LogP contribution >= 0.6 is 23.4 Å². The molecule has 0 unspecified atom stereocenters. The van der Waals surface area contributed by atoms with E-state index in [-0.39, 0.29) is 13.2 Å². The van der Waals surface area contributed by atoms with Gasteiger partial charge in [-0.05, 0) is 81.5 Å². The maximum absolute atomic E-state index is 13.1. The third kappa shape index (κ3) is 9.60. The summed E-state index contributed by atoms with van der Waals surface area (Å²) in [5.74, 6) is 1.03. The second kappa shape index (κ2) is 16.9. The Hall–Kier alpha value is -3.36. The van der Waals surface area contributed by atoms with E-state index in [9.17, 15) is 9.59 Å². The van der Waals surface area contributed by atoms with E-state index in [4.69, 9.17) is 30.5 Å². The minimum Gasteiger partial charge on any atom is -0.494 e. The van der Waals surface area contributed by atoms with Gasteiger partial charge in [-0.2, -0.15) is 0 Å². The molecule has 226 valence electrons. The highest BCUT2D eigenvalue weighted by atomic mass is 35.5. The molecule has 1 N–H and O–H groups in total. The largest absolute Gasteiger partial charge is 0.494 e. The van der Waals surface area contributed by atoms with E-state index < -0.39 is 17.6 Å². The molecule has 0 aliphatic heterocycles. The molecule has 9 heteroatoms. The Balaban J connectivity index is 1.80. The van der Waals surface area contributed by atoms with Gasteiger partial charge in [0.1, 0.15) is 23.6 Å². The fourth-order valence-corrected chi connectivity index (χ4v) is 5.82. The first kappa shape index (κ1) is 33.1. The minimum absolute atomic E-state index is 0.203. The van der Waals surface area contributed by atoms with Crippen LogP contribution in [0.1, 0.15) is 58.1 Å². The molecular weight excluding hydrogens is 574 g/mol. The Morgan fingerprint density at radius 3 is 2.29 bits per heavy atom. The molecule has 0 aromatic heterocycles. The quantitative estimate of drug-likeness (QED) is 0.163. The van der Waals surface area contributed by atoms with Gasteiger partial charge in [-0.1, -0.05) is 73.1 Å².